The highest BCUT2D eigenvalue weighted by molar-refractivity contribution is 5.45. The fraction of sp³-hybridized carbons (Fsp3) is 0.200. The van der Waals surface area contributed by atoms with E-state index in [1.165, 1.54) is 12.1 Å². The molecule has 0 aliphatic rings. The molecule has 8 heteroatoms. The number of nitro benzene ring substituents is 1. The molecule has 0 saturated carbocycles. The quantitative estimate of drug-likeness (QED) is 0.0943. The normalized spacial score (nSPS) is 11.6. The summed E-state index contributed by atoms with van der Waals surface area (Å²) in [5, 5.41) is 38.5. The molecule has 0 unspecified atom stereocenters. The average Bonchev–Trinajstić information content (AvgIpc) is 2.93. The van der Waals surface area contributed by atoms with Crippen molar-refractivity contribution in [3.63, 3.8) is 0 Å². The van der Waals surface area contributed by atoms with Gasteiger partial charge in [-0.1, -0.05) is 43.3 Å². The second kappa shape index (κ2) is 12.1. The van der Waals surface area contributed by atoms with Crippen LogP contribution in [0.15, 0.2) is 107 Å². The van der Waals surface area contributed by atoms with Crippen molar-refractivity contribution in [1.29, 1.82) is 0 Å². The second-order valence-electron chi connectivity index (χ2n) is 9.18. The topological polar surface area (TPSA) is 118 Å². The molecule has 4 aromatic carbocycles. The number of benzene rings is 4. The molecule has 38 heavy (non-hydrogen) atoms. The molecule has 0 atom stereocenters. The summed E-state index contributed by atoms with van der Waals surface area (Å²) in [7, 11) is 0. The third kappa shape index (κ3) is 6.80. The van der Waals surface area contributed by atoms with Crippen molar-refractivity contribution >= 4 is 17.1 Å². The highest BCUT2D eigenvalue weighted by atomic mass is 16.6. The molecular weight excluding hydrogens is 482 g/mol. The van der Waals surface area contributed by atoms with Crippen LogP contribution in [0.25, 0.3) is 0 Å². The Morgan fingerprint density at radius 2 is 1.21 bits per heavy atom. The van der Waals surface area contributed by atoms with Gasteiger partial charge in [0.25, 0.3) is 5.69 Å². The summed E-state index contributed by atoms with van der Waals surface area (Å²) in [6, 6.07) is 28.0. The lowest BCUT2D eigenvalue weighted by molar-refractivity contribution is -0.384. The van der Waals surface area contributed by atoms with Crippen LogP contribution in [-0.2, 0) is 16.6 Å². The van der Waals surface area contributed by atoms with E-state index in [1.807, 2.05) is 48.5 Å². The van der Waals surface area contributed by atoms with Gasteiger partial charge in [-0.25, -0.2) is 0 Å². The Kier molecular flexibility index (Phi) is 8.45. The summed E-state index contributed by atoms with van der Waals surface area (Å²) in [5.74, 6) is 0.439. The maximum atomic E-state index is 10.7. The molecule has 0 bridgehead atoms. The van der Waals surface area contributed by atoms with Gasteiger partial charge >= 0.3 is 0 Å². The molecule has 0 aliphatic heterocycles. The Balaban J connectivity index is 1.30. The van der Waals surface area contributed by atoms with Gasteiger partial charge in [0, 0.05) is 24.2 Å². The lowest BCUT2D eigenvalue weighted by Gasteiger charge is -2.31. The van der Waals surface area contributed by atoms with Crippen molar-refractivity contribution in [3.8, 4) is 11.5 Å². The molecule has 0 aliphatic carbocycles. The third-order valence-corrected chi connectivity index (χ3v) is 6.57. The number of azo groups is 1. The van der Waals surface area contributed by atoms with Gasteiger partial charge in [-0.3, -0.25) is 10.1 Å². The standard InChI is InChI=1S/C30H29N3O5/c1-30(23-4-14-28(34)15-5-23,24-6-16-29(35)17-7-24)19-21-38-20-18-22-2-8-25(9-3-22)31-32-26-10-12-27(13-11-26)33(36)37/h2-17,34-35H,18-21H2,1H3/b32-31+. The van der Waals surface area contributed by atoms with E-state index in [0.29, 0.717) is 24.6 Å². The summed E-state index contributed by atoms with van der Waals surface area (Å²) < 4.78 is 6.00. The van der Waals surface area contributed by atoms with Gasteiger partial charge in [0.2, 0.25) is 0 Å². The predicted octanol–water partition coefficient (Wildman–Crippen LogP) is 7.38. The van der Waals surface area contributed by atoms with Gasteiger partial charge in [0.15, 0.2) is 0 Å². The molecule has 0 saturated heterocycles. The molecule has 0 fully saturated rings. The first-order valence-electron chi connectivity index (χ1n) is 12.3. The minimum atomic E-state index is -0.451. The van der Waals surface area contributed by atoms with Crippen molar-refractivity contribution in [2.45, 2.75) is 25.2 Å². The van der Waals surface area contributed by atoms with E-state index in [-0.39, 0.29) is 22.6 Å². The zero-order chi connectivity index (χ0) is 27.0. The van der Waals surface area contributed by atoms with E-state index in [2.05, 4.69) is 17.2 Å². The number of phenolic OH excluding ortho intramolecular Hbond substituents is 2. The second-order valence-corrected chi connectivity index (χ2v) is 9.18. The number of non-ortho nitro benzene ring substituents is 1. The number of ether oxygens (including phenoxy) is 1. The van der Waals surface area contributed by atoms with Gasteiger partial charge in [0.05, 0.1) is 22.9 Å². The molecule has 0 spiro atoms. The maximum Gasteiger partial charge on any atom is 0.269 e. The van der Waals surface area contributed by atoms with Crippen LogP contribution >= 0.6 is 0 Å². The summed E-state index contributed by atoms with van der Waals surface area (Å²) in [4.78, 5) is 10.3. The number of hydrogen-bond acceptors (Lipinski definition) is 7. The Morgan fingerprint density at radius 3 is 1.68 bits per heavy atom. The predicted molar refractivity (Wildman–Crippen MR) is 146 cm³/mol. The van der Waals surface area contributed by atoms with Gasteiger partial charge < -0.3 is 14.9 Å². The fourth-order valence-electron chi connectivity index (χ4n) is 4.17. The summed E-state index contributed by atoms with van der Waals surface area (Å²) >= 11 is 0. The molecule has 8 nitrogen and oxygen atoms in total. The molecule has 2 N–H and O–H groups in total. The maximum absolute atomic E-state index is 10.7. The van der Waals surface area contributed by atoms with Crippen LogP contribution in [0.4, 0.5) is 17.1 Å². The van der Waals surface area contributed by atoms with E-state index in [1.54, 1.807) is 36.4 Å². The number of aromatic hydroxyl groups is 2. The third-order valence-electron chi connectivity index (χ3n) is 6.57. The molecule has 0 radical (unpaired) electrons. The fourth-order valence-corrected chi connectivity index (χ4v) is 4.17. The highest BCUT2D eigenvalue weighted by Gasteiger charge is 2.28. The van der Waals surface area contributed by atoms with E-state index in [0.717, 1.165) is 29.5 Å². The first-order valence-corrected chi connectivity index (χ1v) is 12.3. The zero-order valence-electron chi connectivity index (χ0n) is 21.0. The van der Waals surface area contributed by atoms with Crippen molar-refractivity contribution in [3.05, 3.63) is 124 Å². The summed E-state index contributed by atoms with van der Waals surface area (Å²) in [5.41, 5.74) is 4.12. The number of nitrogens with zero attached hydrogens (tertiary/aromatic N) is 3. The number of hydrogen-bond donors (Lipinski definition) is 2. The van der Waals surface area contributed by atoms with Crippen molar-refractivity contribution in [2.75, 3.05) is 13.2 Å². The Hall–Kier alpha value is -4.56. The molecule has 4 rings (SSSR count). The van der Waals surface area contributed by atoms with Gasteiger partial charge in [-0.05, 0) is 78.1 Å². The minimum absolute atomic E-state index is 0.0147. The Morgan fingerprint density at radius 1 is 0.737 bits per heavy atom. The number of nitro groups is 1. The summed E-state index contributed by atoms with van der Waals surface area (Å²) in [6.07, 6.45) is 1.47. The molecular formula is C30H29N3O5. The Bertz CT molecular complexity index is 1320. The average molecular weight is 512 g/mol. The van der Waals surface area contributed by atoms with Crippen molar-refractivity contribution in [1.82, 2.24) is 0 Å². The molecule has 0 amide bonds. The number of phenols is 2. The molecule has 0 aromatic heterocycles. The lowest BCUT2D eigenvalue weighted by Crippen LogP contribution is -2.26. The highest BCUT2D eigenvalue weighted by Crippen LogP contribution is 2.36. The van der Waals surface area contributed by atoms with Crippen LogP contribution in [-0.4, -0.2) is 28.4 Å². The lowest BCUT2D eigenvalue weighted by atomic mass is 9.74. The van der Waals surface area contributed by atoms with E-state index >= 15 is 0 Å². The zero-order valence-corrected chi connectivity index (χ0v) is 21.0. The smallest absolute Gasteiger partial charge is 0.269 e. The van der Waals surface area contributed by atoms with Crippen LogP contribution in [0, 0.1) is 10.1 Å². The van der Waals surface area contributed by atoms with Crippen LogP contribution in [0.5, 0.6) is 11.5 Å². The number of rotatable bonds is 11. The van der Waals surface area contributed by atoms with Crippen LogP contribution in [0.1, 0.15) is 30.0 Å². The monoisotopic (exact) mass is 511 g/mol. The van der Waals surface area contributed by atoms with Crippen molar-refractivity contribution < 1.29 is 19.9 Å². The minimum Gasteiger partial charge on any atom is -0.508 e. The van der Waals surface area contributed by atoms with Crippen LogP contribution in [0.2, 0.25) is 0 Å². The van der Waals surface area contributed by atoms with Crippen LogP contribution in [0.3, 0.4) is 0 Å². The Labute approximate surface area is 221 Å². The first kappa shape index (κ1) is 26.5. The van der Waals surface area contributed by atoms with Crippen LogP contribution < -0.4 is 0 Å². The van der Waals surface area contributed by atoms with E-state index in [4.69, 9.17) is 4.74 Å². The molecule has 0 heterocycles. The molecule has 4 aromatic rings. The largest absolute Gasteiger partial charge is 0.508 e. The van der Waals surface area contributed by atoms with Crippen molar-refractivity contribution in [2.24, 2.45) is 10.2 Å². The van der Waals surface area contributed by atoms with E-state index < -0.39 is 4.92 Å². The van der Waals surface area contributed by atoms with Gasteiger partial charge in [-0.2, -0.15) is 10.2 Å². The first-order chi connectivity index (χ1) is 18.3. The van der Waals surface area contributed by atoms with E-state index in [9.17, 15) is 20.3 Å². The SMILES string of the molecule is CC(CCOCCc1ccc(/N=N/c2ccc([N+](=O)[O-])cc2)cc1)(c1ccc(O)cc1)c1ccc(O)cc1. The summed E-state index contributed by atoms with van der Waals surface area (Å²) in [6.45, 7) is 3.24. The molecule has 194 valence electrons. The van der Waals surface area contributed by atoms with Gasteiger partial charge in [-0.15, -0.1) is 0 Å². The van der Waals surface area contributed by atoms with Gasteiger partial charge in [0.1, 0.15) is 11.5 Å².